The number of imide groups is 1. The van der Waals surface area contributed by atoms with Gasteiger partial charge in [-0.15, -0.1) is 0 Å². The largest absolute Gasteiger partial charge is 0.497 e. The zero-order chi connectivity index (χ0) is 19.1. The summed E-state index contributed by atoms with van der Waals surface area (Å²) in [6.07, 6.45) is 0. The average Bonchev–Trinajstić information content (AvgIpc) is 2.62. The normalized spacial score (nSPS) is 9.96. The molecular formula is C19H20N2O5. The molecule has 0 aliphatic heterocycles. The molecule has 0 saturated carbocycles. The molecule has 2 rings (SSSR count). The van der Waals surface area contributed by atoms with Gasteiger partial charge >= 0.3 is 12.0 Å². The quantitative estimate of drug-likeness (QED) is 0.804. The third kappa shape index (κ3) is 5.34. The molecule has 7 nitrogen and oxygen atoms in total. The van der Waals surface area contributed by atoms with Crippen molar-refractivity contribution in [2.75, 3.05) is 19.0 Å². The first-order valence-electron chi connectivity index (χ1n) is 7.88. The van der Waals surface area contributed by atoms with Crippen molar-refractivity contribution in [1.29, 1.82) is 0 Å². The Morgan fingerprint density at radius 3 is 2.27 bits per heavy atom. The van der Waals surface area contributed by atoms with E-state index >= 15 is 0 Å². The molecule has 0 atom stereocenters. The standard InChI is InChI=1S/C19H20N2O5/c1-12-4-7-15(10-13(12)2)20-19(24)21-17(22)11-26-18(23)14-5-8-16(25-3)9-6-14/h4-10H,11H2,1-3H3,(H2,20,21,22,24). The number of urea groups is 1. The van der Waals surface area contributed by atoms with Crippen LogP contribution in [0.2, 0.25) is 0 Å². The van der Waals surface area contributed by atoms with Crippen molar-refractivity contribution in [3.05, 3.63) is 59.2 Å². The van der Waals surface area contributed by atoms with Gasteiger partial charge in [0.05, 0.1) is 12.7 Å². The number of amides is 3. The van der Waals surface area contributed by atoms with E-state index in [2.05, 4.69) is 10.6 Å². The summed E-state index contributed by atoms with van der Waals surface area (Å²) in [6.45, 7) is 3.31. The van der Waals surface area contributed by atoms with Gasteiger partial charge in [0.2, 0.25) is 0 Å². The van der Waals surface area contributed by atoms with Crippen LogP contribution in [-0.4, -0.2) is 31.6 Å². The molecule has 0 radical (unpaired) electrons. The van der Waals surface area contributed by atoms with Crippen LogP contribution < -0.4 is 15.4 Å². The second kappa shape index (κ2) is 8.66. The maximum atomic E-state index is 11.9. The van der Waals surface area contributed by atoms with Gasteiger partial charge in [-0.3, -0.25) is 10.1 Å². The Kier molecular flexibility index (Phi) is 6.32. The molecule has 0 aromatic heterocycles. The van der Waals surface area contributed by atoms with Crippen LogP contribution in [-0.2, 0) is 9.53 Å². The minimum atomic E-state index is -0.729. The highest BCUT2D eigenvalue weighted by Crippen LogP contribution is 2.14. The van der Waals surface area contributed by atoms with E-state index in [4.69, 9.17) is 9.47 Å². The molecule has 0 spiro atoms. The minimum absolute atomic E-state index is 0.276. The maximum absolute atomic E-state index is 11.9. The number of hydrogen-bond donors (Lipinski definition) is 2. The first-order valence-corrected chi connectivity index (χ1v) is 7.88. The van der Waals surface area contributed by atoms with Gasteiger partial charge in [0.25, 0.3) is 5.91 Å². The Morgan fingerprint density at radius 2 is 1.65 bits per heavy atom. The molecule has 0 saturated heterocycles. The molecule has 0 unspecified atom stereocenters. The van der Waals surface area contributed by atoms with Gasteiger partial charge in [-0.25, -0.2) is 9.59 Å². The molecule has 2 aromatic carbocycles. The van der Waals surface area contributed by atoms with Crippen molar-refractivity contribution in [3.63, 3.8) is 0 Å². The molecule has 136 valence electrons. The summed E-state index contributed by atoms with van der Waals surface area (Å²) >= 11 is 0. The number of hydrogen-bond acceptors (Lipinski definition) is 5. The molecule has 0 bridgehead atoms. The summed E-state index contributed by atoms with van der Waals surface area (Å²) in [5.41, 5.74) is 2.95. The van der Waals surface area contributed by atoms with E-state index in [-0.39, 0.29) is 5.56 Å². The number of benzene rings is 2. The number of aryl methyl sites for hydroxylation is 2. The van der Waals surface area contributed by atoms with Crippen LogP contribution in [0.4, 0.5) is 10.5 Å². The van der Waals surface area contributed by atoms with Gasteiger partial charge in [0, 0.05) is 5.69 Å². The number of rotatable bonds is 5. The summed E-state index contributed by atoms with van der Waals surface area (Å²) in [5, 5.41) is 4.65. The van der Waals surface area contributed by atoms with Crippen LogP contribution in [0.25, 0.3) is 0 Å². The lowest BCUT2D eigenvalue weighted by atomic mass is 10.1. The third-order valence-corrected chi connectivity index (χ3v) is 3.68. The smallest absolute Gasteiger partial charge is 0.338 e. The summed E-state index contributed by atoms with van der Waals surface area (Å²) in [4.78, 5) is 35.4. The lowest BCUT2D eigenvalue weighted by Crippen LogP contribution is -2.37. The summed E-state index contributed by atoms with van der Waals surface area (Å²) < 4.78 is 9.87. The highest BCUT2D eigenvalue weighted by Gasteiger charge is 2.13. The summed E-state index contributed by atoms with van der Waals surface area (Å²) in [5.74, 6) is -0.798. The highest BCUT2D eigenvalue weighted by atomic mass is 16.5. The molecule has 2 aromatic rings. The number of anilines is 1. The Morgan fingerprint density at radius 1 is 0.962 bits per heavy atom. The molecule has 0 heterocycles. The fourth-order valence-corrected chi connectivity index (χ4v) is 2.09. The van der Waals surface area contributed by atoms with Crippen molar-refractivity contribution in [2.45, 2.75) is 13.8 Å². The summed E-state index contributed by atoms with van der Waals surface area (Å²) in [6, 6.07) is 10.9. The van der Waals surface area contributed by atoms with Crippen LogP contribution in [0.15, 0.2) is 42.5 Å². The van der Waals surface area contributed by atoms with Crippen LogP contribution in [0.1, 0.15) is 21.5 Å². The third-order valence-electron chi connectivity index (χ3n) is 3.68. The van der Waals surface area contributed by atoms with Crippen molar-refractivity contribution in [1.82, 2.24) is 5.32 Å². The lowest BCUT2D eigenvalue weighted by Gasteiger charge is -2.09. The molecule has 0 aliphatic rings. The van der Waals surface area contributed by atoms with Gasteiger partial charge in [-0.05, 0) is 61.4 Å². The number of carbonyl (C=O) groups excluding carboxylic acids is 3. The molecule has 0 aliphatic carbocycles. The van der Waals surface area contributed by atoms with E-state index in [0.29, 0.717) is 11.4 Å². The first-order chi connectivity index (χ1) is 12.4. The fourth-order valence-electron chi connectivity index (χ4n) is 2.09. The van der Waals surface area contributed by atoms with E-state index < -0.39 is 24.5 Å². The van der Waals surface area contributed by atoms with Gasteiger partial charge in [-0.1, -0.05) is 6.07 Å². The van der Waals surface area contributed by atoms with Crippen molar-refractivity contribution >= 4 is 23.6 Å². The second-order valence-corrected chi connectivity index (χ2v) is 5.61. The van der Waals surface area contributed by atoms with E-state index in [1.54, 1.807) is 24.3 Å². The van der Waals surface area contributed by atoms with Crippen molar-refractivity contribution < 1.29 is 23.9 Å². The molecule has 2 N–H and O–H groups in total. The van der Waals surface area contributed by atoms with Gasteiger partial charge in [0.15, 0.2) is 6.61 Å². The van der Waals surface area contributed by atoms with E-state index in [1.807, 2.05) is 19.9 Å². The Bertz CT molecular complexity index is 815. The molecule has 7 heteroatoms. The number of carbonyl (C=O) groups is 3. The topological polar surface area (TPSA) is 93.7 Å². The maximum Gasteiger partial charge on any atom is 0.338 e. The van der Waals surface area contributed by atoms with Crippen molar-refractivity contribution in [2.24, 2.45) is 0 Å². The van der Waals surface area contributed by atoms with Crippen LogP contribution in [0.3, 0.4) is 0 Å². The van der Waals surface area contributed by atoms with E-state index in [0.717, 1.165) is 11.1 Å². The van der Waals surface area contributed by atoms with Crippen LogP contribution in [0, 0.1) is 13.8 Å². The van der Waals surface area contributed by atoms with Crippen LogP contribution in [0.5, 0.6) is 5.75 Å². The van der Waals surface area contributed by atoms with Crippen molar-refractivity contribution in [3.8, 4) is 5.75 Å². The number of methoxy groups -OCH3 is 1. The Hall–Kier alpha value is -3.35. The zero-order valence-corrected chi connectivity index (χ0v) is 14.8. The molecule has 26 heavy (non-hydrogen) atoms. The molecular weight excluding hydrogens is 336 g/mol. The van der Waals surface area contributed by atoms with Crippen LogP contribution >= 0.6 is 0 Å². The fraction of sp³-hybridized carbons (Fsp3) is 0.211. The zero-order valence-electron chi connectivity index (χ0n) is 14.8. The van der Waals surface area contributed by atoms with E-state index in [9.17, 15) is 14.4 Å². The van der Waals surface area contributed by atoms with E-state index in [1.165, 1.54) is 19.2 Å². The number of nitrogens with one attached hydrogen (secondary N) is 2. The van der Waals surface area contributed by atoms with Gasteiger partial charge in [0.1, 0.15) is 5.75 Å². The highest BCUT2D eigenvalue weighted by molar-refractivity contribution is 6.02. The van der Waals surface area contributed by atoms with Gasteiger partial charge < -0.3 is 14.8 Å². The minimum Gasteiger partial charge on any atom is -0.497 e. The van der Waals surface area contributed by atoms with Gasteiger partial charge in [-0.2, -0.15) is 0 Å². The second-order valence-electron chi connectivity index (χ2n) is 5.61. The predicted octanol–water partition coefficient (Wildman–Crippen LogP) is 2.82. The molecule has 3 amide bonds. The Labute approximate surface area is 151 Å². The number of ether oxygens (including phenoxy) is 2. The Balaban J connectivity index is 1.80. The average molecular weight is 356 g/mol. The first kappa shape index (κ1) is 19.0. The number of esters is 1. The lowest BCUT2D eigenvalue weighted by molar-refractivity contribution is -0.123. The molecule has 0 fully saturated rings. The SMILES string of the molecule is COc1ccc(C(=O)OCC(=O)NC(=O)Nc2ccc(C)c(C)c2)cc1. The summed E-state index contributed by atoms with van der Waals surface area (Å²) in [7, 11) is 1.51. The monoisotopic (exact) mass is 356 g/mol. The predicted molar refractivity (Wildman–Crippen MR) is 96.4 cm³/mol.